The molecule has 1 aliphatic rings. The van der Waals surface area contributed by atoms with Crippen molar-refractivity contribution in [2.24, 2.45) is 0 Å². The van der Waals surface area contributed by atoms with Crippen molar-refractivity contribution in [2.75, 3.05) is 34.0 Å². The number of ether oxygens (including phenoxy) is 3. The van der Waals surface area contributed by atoms with Crippen molar-refractivity contribution < 1.29 is 24.1 Å². The molecule has 4 rings (SSSR count). The zero-order chi connectivity index (χ0) is 25.7. The van der Waals surface area contributed by atoms with Gasteiger partial charge in [0.2, 0.25) is 0 Å². The molecule has 2 N–H and O–H groups in total. The van der Waals surface area contributed by atoms with Gasteiger partial charge in [0.05, 0.1) is 19.8 Å². The molecule has 2 heterocycles. The molecule has 1 unspecified atom stereocenters. The van der Waals surface area contributed by atoms with Crippen molar-refractivity contribution in [2.45, 2.75) is 38.6 Å². The van der Waals surface area contributed by atoms with Gasteiger partial charge in [-0.25, -0.2) is 0 Å². The van der Waals surface area contributed by atoms with Crippen LogP contribution in [0.5, 0.6) is 17.2 Å². The first-order valence-electron chi connectivity index (χ1n) is 12.2. The predicted molar refractivity (Wildman–Crippen MR) is 138 cm³/mol. The van der Waals surface area contributed by atoms with Gasteiger partial charge in [-0.2, -0.15) is 5.10 Å². The first-order chi connectivity index (χ1) is 17.5. The summed E-state index contributed by atoms with van der Waals surface area (Å²) in [6.45, 7) is 3.77. The van der Waals surface area contributed by atoms with E-state index in [9.17, 15) is 9.90 Å². The van der Waals surface area contributed by atoms with Gasteiger partial charge in [-0.05, 0) is 48.7 Å². The van der Waals surface area contributed by atoms with Gasteiger partial charge in [0.15, 0.2) is 11.5 Å². The zero-order valence-corrected chi connectivity index (χ0v) is 21.6. The minimum atomic E-state index is -0.445. The first kappa shape index (κ1) is 25.9. The van der Waals surface area contributed by atoms with Crippen molar-refractivity contribution >= 4 is 17.5 Å². The van der Waals surface area contributed by atoms with Crippen LogP contribution in [0.2, 0.25) is 5.02 Å². The highest BCUT2D eigenvalue weighted by molar-refractivity contribution is 6.31. The molecule has 0 saturated carbocycles. The Kier molecular flexibility index (Phi) is 8.38. The van der Waals surface area contributed by atoms with Gasteiger partial charge in [0.25, 0.3) is 5.91 Å². The number of aromatic hydroxyl groups is 1. The summed E-state index contributed by atoms with van der Waals surface area (Å²) < 4.78 is 16.8. The third-order valence-corrected chi connectivity index (χ3v) is 6.57. The van der Waals surface area contributed by atoms with E-state index in [0.29, 0.717) is 65.2 Å². The van der Waals surface area contributed by atoms with E-state index >= 15 is 0 Å². The third-order valence-electron chi connectivity index (χ3n) is 6.33. The number of rotatable bonds is 12. The van der Waals surface area contributed by atoms with Crippen LogP contribution in [0.3, 0.4) is 0 Å². The van der Waals surface area contributed by atoms with Crippen LogP contribution >= 0.6 is 11.6 Å². The number of H-pyrrole nitrogens is 1. The molecule has 192 valence electrons. The molecule has 0 bridgehead atoms. The Balaban J connectivity index is 1.77. The quantitative estimate of drug-likeness (QED) is 0.306. The molecule has 0 aliphatic carbocycles. The minimum Gasteiger partial charge on any atom is -0.507 e. The molecule has 0 fully saturated rings. The standard InChI is InChI=1S/C27H32ClN3O5/c1-4-5-6-14-36-21-11-8-17(15-22(21)35-3)26-23-24(19-16-18(28)9-10-20(19)32)29-30-25(23)27(33)31(26)12-7-13-34-2/h8-11,15-16,26,32H,4-7,12-14H2,1-3H3,(H,29,30). The Morgan fingerprint density at radius 3 is 2.67 bits per heavy atom. The van der Waals surface area contributed by atoms with Crippen molar-refractivity contribution in [1.29, 1.82) is 0 Å². The summed E-state index contributed by atoms with van der Waals surface area (Å²) in [5.41, 5.74) is 2.87. The lowest BCUT2D eigenvalue weighted by Crippen LogP contribution is -2.31. The number of amides is 1. The van der Waals surface area contributed by atoms with Crippen LogP contribution in [0.15, 0.2) is 36.4 Å². The number of hydrogen-bond acceptors (Lipinski definition) is 6. The topological polar surface area (TPSA) is 96.9 Å². The van der Waals surface area contributed by atoms with E-state index in [1.54, 1.807) is 31.3 Å². The summed E-state index contributed by atoms with van der Waals surface area (Å²) >= 11 is 6.23. The Morgan fingerprint density at radius 2 is 1.92 bits per heavy atom. The molecule has 1 aliphatic heterocycles. The summed E-state index contributed by atoms with van der Waals surface area (Å²) in [6.07, 6.45) is 3.86. The molecule has 3 aromatic rings. The van der Waals surface area contributed by atoms with E-state index in [1.807, 2.05) is 18.2 Å². The average molecular weight is 514 g/mol. The van der Waals surface area contributed by atoms with Gasteiger partial charge < -0.3 is 24.2 Å². The summed E-state index contributed by atoms with van der Waals surface area (Å²) in [4.78, 5) is 15.3. The van der Waals surface area contributed by atoms with E-state index in [4.69, 9.17) is 25.8 Å². The minimum absolute atomic E-state index is 0.0335. The maximum atomic E-state index is 13.5. The average Bonchev–Trinajstić information content (AvgIpc) is 3.42. The van der Waals surface area contributed by atoms with Crippen molar-refractivity contribution in [1.82, 2.24) is 15.1 Å². The molecule has 1 aromatic heterocycles. The largest absolute Gasteiger partial charge is 0.507 e. The predicted octanol–water partition coefficient (Wildman–Crippen LogP) is 5.60. The van der Waals surface area contributed by atoms with E-state index in [0.717, 1.165) is 24.8 Å². The third kappa shape index (κ3) is 5.15. The van der Waals surface area contributed by atoms with Crippen LogP contribution in [0, 0.1) is 0 Å². The van der Waals surface area contributed by atoms with E-state index in [2.05, 4.69) is 17.1 Å². The van der Waals surface area contributed by atoms with Gasteiger partial charge in [-0.15, -0.1) is 0 Å². The smallest absolute Gasteiger partial charge is 0.273 e. The Bertz CT molecular complexity index is 1210. The second-order valence-corrected chi connectivity index (χ2v) is 9.17. The number of methoxy groups -OCH3 is 2. The number of nitrogens with one attached hydrogen (secondary N) is 1. The second-order valence-electron chi connectivity index (χ2n) is 8.74. The van der Waals surface area contributed by atoms with Crippen LogP contribution in [-0.2, 0) is 4.74 Å². The molecule has 1 atom stereocenters. The number of aromatic nitrogens is 2. The monoisotopic (exact) mass is 513 g/mol. The lowest BCUT2D eigenvalue weighted by atomic mass is 9.95. The molecule has 36 heavy (non-hydrogen) atoms. The number of carbonyl (C=O) groups is 1. The van der Waals surface area contributed by atoms with Gasteiger partial charge in [-0.3, -0.25) is 9.89 Å². The number of phenolic OH excluding ortho intramolecular Hbond substituents is 1. The Morgan fingerprint density at radius 1 is 1.08 bits per heavy atom. The number of aromatic amines is 1. The fourth-order valence-corrected chi connectivity index (χ4v) is 4.74. The highest BCUT2D eigenvalue weighted by Gasteiger charge is 2.42. The lowest BCUT2D eigenvalue weighted by molar-refractivity contribution is 0.0723. The molecule has 0 saturated heterocycles. The number of unbranched alkanes of at least 4 members (excludes halogenated alkanes) is 2. The Labute approximate surface area is 216 Å². The summed E-state index contributed by atoms with van der Waals surface area (Å²) in [5, 5.41) is 18.3. The van der Waals surface area contributed by atoms with E-state index in [1.165, 1.54) is 6.07 Å². The van der Waals surface area contributed by atoms with Crippen molar-refractivity contribution in [3.8, 4) is 28.5 Å². The van der Waals surface area contributed by atoms with Crippen LogP contribution in [0.1, 0.15) is 60.3 Å². The second kappa shape index (κ2) is 11.7. The molecular weight excluding hydrogens is 482 g/mol. The van der Waals surface area contributed by atoms with E-state index < -0.39 is 6.04 Å². The number of phenols is 1. The van der Waals surface area contributed by atoms with Gasteiger partial charge in [0, 0.05) is 36.4 Å². The number of benzene rings is 2. The number of halogens is 1. The van der Waals surface area contributed by atoms with Gasteiger partial charge in [-0.1, -0.05) is 37.4 Å². The molecule has 0 radical (unpaired) electrons. The molecule has 1 amide bonds. The maximum Gasteiger partial charge on any atom is 0.273 e. The highest BCUT2D eigenvalue weighted by atomic mass is 35.5. The van der Waals surface area contributed by atoms with Gasteiger partial charge in [0.1, 0.15) is 17.1 Å². The number of nitrogens with zero attached hydrogens (tertiary/aromatic N) is 2. The van der Waals surface area contributed by atoms with Crippen LogP contribution in [0.25, 0.3) is 11.3 Å². The van der Waals surface area contributed by atoms with E-state index in [-0.39, 0.29) is 11.7 Å². The van der Waals surface area contributed by atoms with Crippen LogP contribution < -0.4 is 9.47 Å². The fraction of sp³-hybridized carbons (Fsp3) is 0.407. The molecule has 2 aromatic carbocycles. The highest BCUT2D eigenvalue weighted by Crippen LogP contribution is 2.46. The summed E-state index contributed by atoms with van der Waals surface area (Å²) in [5.74, 6) is 1.13. The SMILES string of the molecule is CCCCCOc1ccc(C2c3c(-c4cc(Cl)ccc4O)n[nH]c3C(=O)N2CCCOC)cc1OC. The van der Waals surface area contributed by atoms with Crippen LogP contribution in [-0.4, -0.2) is 60.1 Å². The molecular formula is C27H32ClN3O5. The normalized spacial score (nSPS) is 14.8. The Hall–Kier alpha value is -3.23. The van der Waals surface area contributed by atoms with Crippen molar-refractivity contribution in [3.63, 3.8) is 0 Å². The summed E-state index contributed by atoms with van der Waals surface area (Å²) in [7, 11) is 3.24. The summed E-state index contributed by atoms with van der Waals surface area (Å²) in [6, 6.07) is 10.1. The first-order valence-corrected chi connectivity index (χ1v) is 12.6. The zero-order valence-electron chi connectivity index (χ0n) is 20.8. The molecule has 8 nitrogen and oxygen atoms in total. The van der Waals surface area contributed by atoms with Crippen LogP contribution in [0.4, 0.5) is 0 Å². The molecule has 0 spiro atoms. The number of fused-ring (bicyclic) bond motifs is 1. The van der Waals surface area contributed by atoms with Gasteiger partial charge >= 0.3 is 0 Å². The van der Waals surface area contributed by atoms with Crippen molar-refractivity contribution in [3.05, 3.63) is 58.2 Å². The lowest BCUT2D eigenvalue weighted by Gasteiger charge is -2.27. The number of carbonyl (C=O) groups excluding carboxylic acids is 1. The fourth-order valence-electron chi connectivity index (χ4n) is 4.56. The number of hydrogen-bond donors (Lipinski definition) is 2. The maximum absolute atomic E-state index is 13.5. The molecule has 9 heteroatoms.